The molecule has 4 amide bonds. The van der Waals surface area contributed by atoms with Gasteiger partial charge in [0.1, 0.15) is 40.6 Å². The van der Waals surface area contributed by atoms with E-state index in [9.17, 15) is 88.8 Å². The Labute approximate surface area is 669 Å². The molecular weight excluding hydrogens is 1480 g/mol. The van der Waals surface area contributed by atoms with Gasteiger partial charge in [-0.25, -0.2) is 0 Å². The van der Waals surface area contributed by atoms with Crippen molar-refractivity contribution in [3.8, 4) is 57.1 Å². The number of phenols is 4. The first-order valence-electron chi connectivity index (χ1n) is 40.2. The van der Waals surface area contributed by atoms with Crippen molar-refractivity contribution in [2.75, 3.05) is 111 Å². The average molecular weight is 1590 g/mol. The highest BCUT2D eigenvalue weighted by atomic mass is 16.4. The number of carbonyl (C=O) groups is 10. The van der Waals surface area contributed by atoms with E-state index in [1.807, 2.05) is 81.1 Å². The molecular formula is C83H112N14O18. The molecule has 0 unspecified atom stereocenters. The number of hydrogen-bond acceptors (Lipinski definition) is 22. The molecule has 10 N–H and O–H groups in total. The zero-order valence-corrected chi connectivity index (χ0v) is 66.8. The minimum absolute atomic E-state index is 0.00496. The Morgan fingerprint density at radius 1 is 0.452 bits per heavy atom. The fourth-order valence-corrected chi connectivity index (χ4v) is 15.7. The number of carboxylic acid groups (broad SMARTS) is 4. The van der Waals surface area contributed by atoms with Crippen molar-refractivity contribution >= 4 is 59.1 Å². The molecule has 0 spiro atoms. The number of carbonyl (C=O) groups excluding carboxylic acids is 6. The van der Waals surface area contributed by atoms with Gasteiger partial charge in [-0.15, -0.1) is 20.4 Å². The molecule has 6 aromatic rings. The van der Waals surface area contributed by atoms with Gasteiger partial charge < -0.3 is 61.3 Å². The molecule has 5 heterocycles. The first-order valence-corrected chi connectivity index (χ1v) is 40.2. The van der Waals surface area contributed by atoms with Gasteiger partial charge in [-0.2, -0.15) is 0 Å². The number of benzene rings is 4. The molecule has 0 saturated carbocycles. The fourth-order valence-electron chi connectivity index (χ4n) is 15.7. The second-order valence-corrected chi connectivity index (χ2v) is 31.1. The van der Waals surface area contributed by atoms with Crippen molar-refractivity contribution in [3.63, 3.8) is 0 Å². The van der Waals surface area contributed by atoms with Crippen LogP contribution in [-0.2, 0) is 51.2 Å². The van der Waals surface area contributed by atoms with Gasteiger partial charge in [0, 0.05) is 153 Å². The molecule has 2 aromatic heterocycles. The Morgan fingerprint density at radius 3 is 1.27 bits per heavy atom. The van der Waals surface area contributed by atoms with Gasteiger partial charge in [0.15, 0.2) is 11.6 Å². The summed E-state index contributed by atoms with van der Waals surface area (Å²) in [7, 11) is 0. The third-order valence-corrected chi connectivity index (χ3v) is 22.1. The molecule has 32 nitrogen and oxygen atoms in total. The quantitative estimate of drug-likeness (QED) is 0.0168. The summed E-state index contributed by atoms with van der Waals surface area (Å²) in [6.07, 6.45) is 5.73. The van der Waals surface area contributed by atoms with Crippen LogP contribution in [0.15, 0.2) is 72.8 Å². The van der Waals surface area contributed by atoms with Crippen LogP contribution in [0.2, 0.25) is 0 Å². The number of rotatable bonds is 37. The number of phenolic OH excluding ortho intramolecular Hbond substituents is 4. The monoisotopic (exact) mass is 1590 g/mol. The largest absolute Gasteiger partial charge is 0.508 e. The van der Waals surface area contributed by atoms with Crippen LogP contribution in [0.1, 0.15) is 187 Å². The highest BCUT2D eigenvalue weighted by molar-refractivity contribution is 5.93. The molecule has 0 bridgehead atoms. The second-order valence-electron chi connectivity index (χ2n) is 31.1. The molecule has 9 rings (SSSR count). The Bertz CT molecular complexity index is 4340. The lowest BCUT2D eigenvalue weighted by molar-refractivity contribution is -0.145. The number of unbranched alkanes of at least 4 members (excludes halogenated alkanes) is 2. The summed E-state index contributed by atoms with van der Waals surface area (Å²) in [4.78, 5) is 142. The lowest BCUT2D eigenvalue weighted by Gasteiger charge is -2.35. The van der Waals surface area contributed by atoms with Gasteiger partial charge in [-0.1, -0.05) is 64.8 Å². The second kappa shape index (κ2) is 42.1. The minimum atomic E-state index is -1.21. The van der Waals surface area contributed by atoms with E-state index in [0.717, 1.165) is 24.0 Å². The van der Waals surface area contributed by atoms with Crippen LogP contribution in [0.4, 0.5) is 0 Å². The lowest BCUT2D eigenvalue weighted by atomic mass is 9.88. The first-order chi connectivity index (χ1) is 55.0. The summed E-state index contributed by atoms with van der Waals surface area (Å²) in [5, 5.41) is 106. The van der Waals surface area contributed by atoms with E-state index < -0.39 is 47.7 Å². The SMILES string of the molecule is CCNC(=O)c1nnc(-c2cc(C(C)C)c(O)cc2O)n1-c1ccc(CC2CCN(C(=O)CCC(=O)C[C@@H](CCCCCC(=O)CC[C@H](C(=O)O)N3CCN(CC(=O)O)CCN(CC(=O)O)CCN(CC(=O)O)CC3)C(=O)N3CCC(Cc4ccc(-n5c(C(=O)NCC)nnc5-c5cc(C(C)C)c(O)cc5O)cc4)CC3)CC2)cc1. The number of piperidine rings is 2. The normalized spacial score (nSPS) is 16.1. The highest BCUT2D eigenvalue weighted by Gasteiger charge is 2.34. The molecule has 3 fully saturated rings. The van der Waals surface area contributed by atoms with Crippen LogP contribution < -0.4 is 10.6 Å². The van der Waals surface area contributed by atoms with Crippen LogP contribution in [0, 0.1) is 17.8 Å². The maximum absolute atomic E-state index is 14.8. The van der Waals surface area contributed by atoms with E-state index in [1.165, 1.54) is 12.1 Å². The molecule has 2 atom stereocenters. The Balaban J connectivity index is 0.818. The van der Waals surface area contributed by atoms with E-state index >= 15 is 0 Å². The minimum Gasteiger partial charge on any atom is -0.508 e. The fraction of sp³-hybridized carbons (Fsp3) is 0.542. The van der Waals surface area contributed by atoms with Gasteiger partial charge in [-0.05, 0) is 154 Å². The number of amides is 4. The Kier molecular flexibility index (Phi) is 32.3. The van der Waals surface area contributed by atoms with Crippen molar-refractivity contribution in [1.82, 2.24) is 69.6 Å². The van der Waals surface area contributed by atoms with Gasteiger partial charge in [-0.3, -0.25) is 76.7 Å². The number of carboxylic acids is 4. The number of Topliss-reactive ketones (excluding diaryl/α,β-unsaturated/α-hetero) is 2. The predicted octanol–water partition coefficient (Wildman–Crippen LogP) is 7.60. The van der Waals surface area contributed by atoms with E-state index in [2.05, 4.69) is 31.0 Å². The summed E-state index contributed by atoms with van der Waals surface area (Å²) in [5.74, 6) is -6.82. The van der Waals surface area contributed by atoms with Gasteiger partial charge in [0.05, 0.1) is 30.8 Å². The van der Waals surface area contributed by atoms with Gasteiger partial charge >= 0.3 is 23.9 Å². The van der Waals surface area contributed by atoms with Crippen LogP contribution in [0.3, 0.4) is 0 Å². The van der Waals surface area contributed by atoms with Gasteiger partial charge in [0.2, 0.25) is 23.5 Å². The number of nitrogens with zero attached hydrogens (tertiary/aromatic N) is 12. The molecule has 0 radical (unpaired) electrons. The van der Waals surface area contributed by atoms with Crippen LogP contribution in [0.5, 0.6) is 23.0 Å². The van der Waals surface area contributed by atoms with Crippen molar-refractivity contribution in [2.45, 2.75) is 162 Å². The average Bonchev–Trinajstić information content (AvgIpc) is 1.65. The van der Waals surface area contributed by atoms with E-state index in [-0.39, 0.29) is 209 Å². The molecule has 0 aliphatic carbocycles. The number of ketones is 2. The Morgan fingerprint density at radius 2 is 0.870 bits per heavy atom. The third-order valence-electron chi connectivity index (χ3n) is 22.1. The standard InChI is InChI=1S/C83H112N14O18/c1-7-84-80(111)78-88-86-76(65-45-63(52(3)4)68(100)47-70(65)102)96(78)59-18-14-54(15-19-59)42-56-26-30-94(31-27-56)72(104)25-23-62(99)44-58(12-10-9-11-13-61(98)22-24-67(83(114)115)93-40-38-91(50-74(107)108)36-34-90(49-73(105)106)35-37-92(39-41-93)51-75(109)110)82(113)95-32-28-57(29-33-95)43-55-16-20-60(21-17-55)97-77(87-89-79(97)81(112)85-8-2)66-46-64(53(5)6)69(101)48-71(66)103/h14-21,45-48,52-53,56-58,67,100-103H,7-13,22-44,49-51H2,1-6H3,(H,84,111)(H,85,112)(H,105,106)(H,107,108)(H,109,110)(H,114,115)/t58-,67-/m1/s1. The number of likely N-dealkylation sites (tertiary alicyclic amines) is 2. The number of aliphatic carboxylic acids is 4. The molecule has 115 heavy (non-hydrogen) atoms. The van der Waals surface area contributed by atoms with Crippen molar-refractivity contribution in [3.05, 3.63) is 107 Å². The number of hydrogen-bond donors (Lipinski definition) is 10. The lowest BCUT2D eigenvalue weighted by Crippen LogP contribution is -2.51. The Hall–Kier alpha value is -10.7. The molecule has 4 aromatic carbocycles. The van der Waals surface area contributed by atoms with E-state index in [0.29, 0.717) is 119 Å². The number of nitrogens with one attached hydrogen (secondary N) is 2. The zero-order valence-electron chi connectivity index (χ0n) is 66.8. The van der Waals surface area contributed by atoms with E-state index in [1.54, 1.807) is 59.6 Å². The van der Waals surface area contributed by atoms with Gasteiger partial charge in [0.25, 0.3) is 11.8 Å². The topological polar surface area (TPSA) is 437 Å². The van der Waals surface area contributed by atoms with Crippen LogP contribution in [-0.4, -0.2) is 276 Å². The number of aromatic nitrogens is 6. The first kappa shape index (κ1) is 88.3. The summed E-state index contributed by atoms with van der Waals surface area (Å²) >= 11 is 0. The van der Waals surface area contributed by atoms with E-state index in [4.69, 9.17) is 0 Å². The van der Waals surface area contributed by atoms with Crippen molar-refractivity contribution < 1.29 is 88.8 Å². The zero-order chi connectivity index (χ0) is 83.2. The molecule has 3 saturated heterocycles. The van der Waals surface area contributed by atoms with Crippen molar-refractivity contribution in [2.24, 2.45) is 17.8 Å². The molecule has 3 aliphatic heterocycles. The summed E-state index contributed by atoms with van der Waals surface area (Å²) in [5.41, 5.74) is 4.92. The summed E-state index contributed by atoms with van der Waals surface area (Å²) in [6.45, 7) is 13.6. The van der Waals surface area contributed by atoms with Crippen LogP contribution in [0.25, 0.3) is 34.2 Å². The predicted molar refractivity (Wildman–Crippen MR) is 425 cm³/mol. The number of aromatic hydroxyl groups is 4. The summed E-state index contributed by atoms with van der Waals surface area (Å²) in [6, 6.07) is 19.9. The van der Waals surface area contributed by atoms with Crippen molar-refractivity contribution in [1.29, 1.82) is 0 Å². The maximum atomic E-state index is 14.8. The highest BCUT2D eigenvalue weighted by Crippen LogP contribution is 2.41. The smallest absolute Gasteiger partial charge is 0.320 e. The molecule has 3 aliphatic rings. The molecule has 622 valence electrons. The van der Waals surface area contributed by atoms with Crippen LogP contribution >= 0.6 is 0 Å². The molecule has 32 heteroatoms. The maximum Gasteiger partial charge on any atom is 0.320 e. The summed E-state index contributed by atoms with van der Waals surface area (Å²) < 4.78 is 3.15. The third kappa shape index (κ3) is 24.7.